The minimum atomic E-state index is -1.02. The second-order valence-corrected chi connectivity index (χ2v) is 31.2. The first-order valence-corrected chi connectivity index (χ1v) is 39.5. The molecule has 4 aliphatic rings. The van der Waals surface area contributed by atoms with Gasteiger partial charge in [-0.1, -0.05) is 261 Å². The van der Waals surface area contributed by atoms with Crippen LogP contribution in [0.3, 0.4) is 0 Å². The largest absolute Gasteiger partial charge is 2.00 e. The normalized spacial score (nSPS) is 15.5. The number of para-hydroxylation sites is 4. The molecule has 0 saturated heterocycles. The molecule has 0 atom stereocenters. The van der Waals surface area contributed by atoms with Crippen molar-refractivity contribution in [2.75, 3.05) is 13.2 Å². The zero-order chi connectivity index (χ0) is 75.4. The average molecular weight is 1760 g/mol. The van der Waals surface area contributed by atoms with E-state index in [1.807, 2.05) is 13.8 Å². The van der Waals surface area contributed by atoms with Gasteiger partial charge in [0.25, 0.3) is 0 Å². The summed E-state index contributed by atoms with van der Waals surface area (Å²) in [4.78, 5) is 16.9. The van der Waals surface area contributed by atoms with Crippen LogP contribution in [0.5, 0.6) is 0 Å². The van der Waals surface area contributed by atoms with E-state index in [4.69, 9.17) is 25.4 Å². The molecule has 0 amide bonds. The Balaban J connectivity index is 0.000000413. The van der Waals surface area contributed by atoms with Crippen LogP contribution < -0.4 is 0 Å². The number of halogens is 6. The zero-order valence-corrected chi connectivity index (χ0v) is 74.7. The number of nitrogens with zero attached hydrogens (tertiary/aromatic N) is 6. The van der Waals surface area contributed by atoms with Gasteiger partial charge in [-0.2, -0.15) is 0 Å². The van der Waals surface area contributed by atoms with E-state index >= 15 is 0 Å². The van der Waals surface area contributed by atoms with Crippen molar-refractivity contribution < 1.29 is 52.1 Å². The van der Waals surface area contributed by atoms with E-state index in [0.717, 1.165) is 47.9 Å². The Kier molecular flexibility index (Phi) is 44.1. The molecular formula is C90H126F6Ga2N6OPt-2. The van der Waals surface area contributed by atoms with Crippen molar-refractivity contribution in [2.24, 2.45) is 9.98 Å². The minimum Gasteiger partial charge on any atom is -0.420 e. The van der Waals surface area contributed by atoms with Gasteiger partial charge in [0.2, 0.25) is 0 Å². The number of hydrogen-bond acceptors (Lipinski definition) is 3. The maximum Gasteiger partial charge on any atom is 2.00 e. The molecule has 6 aromatic carbocycles. The average Bonchev–Trinajstić information content (AvgIpc) is 0.783. The topological polar surface area (TPSA) is 68.6 Å². The van der Waals surface area contributed by atoms with Crippen molar-refractivity contribution >= 4 is 74.2 Å². The molecule has 6 aromatic rings. The quantitative estimate of drug-likeness (QED) is 0.0283. The summed E-state index contributed by atoms with van der Waals surface area (Å²) >= 11 is 0. The molecule has 106 heavy (non-hydrogen) atoms. The molecule has 16 heteroatoms. The van der Waals surface area contributed by atoms with E-state index in [1.54, 1.807) is 12.1 Å². The molecule has 4 fully saturated rings. The molecule has 0 aliphatic heterocycles. The Hall–Kier alpha value is -4.64. The molecule has 0 heterocycles. The molecule has 4 aliphatic carbocycles. The third-order valence-electron chi connectivity index (χ3n) is 20.5. The maximum absolute atomic E-state index is 11.9. The molecular weight excluding hydrogens is 1630 g/mol. The maximum atomic E-state index is 11.9. The van der Waals surface area contributed by atoms with Crippen LogP contribution in [-0.2, 0) is 25.8 Å². The molecule has 582 valence electrons. The first-order chi connectivity index (χ1) is 49.1. The Morgan fingerprint density at radius 1 is 0.358 bits per heavy atom. The number of guanidine groups is 2. The first kappa shape index (κ1) is 95.6. The summed E-state index contributed by atoms with van der Waals surface area (Å²) < 4.78 is 76.3. The standard InChI is InChI=1S/2C37H56N3.2C6H2F3.C4H10O.2Ga.Pt/c2*1-25(2)31-21-15-22-32(26(3)4)35(31)38-37(39-36-33(27(5)6)23-16-24-34(36)28(7)8)40(29-17-11-9-12-18-29)30-19-13-10-14-20-30;2*7-4-1-5(8)3-6(9)2-4;1-3-5-4-2;;;/h2*15-16,21-30H,9-14,17-20H2,1-8H3;2*1-2H;3-4H2,1-2H3;;;/q4*-1;;;;+2. The van der Waals surface area contributed by atoms with Gasteiger partial charge in [-0.3, -0.25) is 0 Å². The van der Waals surface area contributed by atoms with Crippen molar-refractivity contribution in [1.82, 2.24) is 9.80 Å². The van der Waals surface area contributed by atoms with E-state index in [1.165, 1.54) is 173 Å². The molecule has 0 N–H and O–H groups in total. The van der Waals surface area contributed by atoms with Gasteiger partial charge in [0.1, 0.15) is 0 Å². The fraction of sp³-hybridized carbons (Fsp3) is 0.578. The van der Waals surface area contributed by atoms with E-state index in [2.05, 4.69) is 193 Å². The smallest absolute Gasteiger partial charge is 0.420 e. The van der Waals surface area contributed by atoms with Crippen LogP contribution in [0.15, 0.2) is 107 Å². The number of ether oxygens (including phenoxy) is 1. The molecule has 10 rings (SSSR count). The summed E-state index contributed by atoms with van der Waals surface area (Å²) in [5.41, 5.74) is 15.4. The summed E-state index contributed by atoms with van der Waals surface area (Å²) in [5, 5.41) is 11.4. The van der Waals surface area contributed by atoms with Crippen molar-refractivity contribution in [3.8, 4) is 0 Å². The number of benzene rings is 6. The molecule has 0 spiro atoms. The van der Waals surface area contributed by atoms with E-state index in [0.29, 0.717) is 95.8 Å². The number of rotatable bonds is 18. The molecule has 0 bridgehead atoms. The van der Waals surface area contributed by atoms with E-state index in [-0.39, 0.29) is 60.6 Å². The van der Waals surface area contributed by atoms with Crippen molar-refractivity contribution in [2.45, 2.75) is 325 Å². The van der Waals surface area contributed by atoms with Gasteiger partial charge in [0, 0.05) is 99.6 Å². The SMILES string of the molecule is CC(C)c1cccc(C(C)C)c1N=C([N-]c1c(C(C)C)cccc1C(C)C)N(C1CCCCC1)C1CCCCC1.CC(C)c1cccc(C(C)C)c1N=C([N-]c1c(C(C)C)cccc1C(C)C)N(C1CCCCC1)C1CCCCC1.CCOCC.Fc1[c-]c(F)cc(F)c1.Fc1[c-]c(F)cc(F)c1.[Ga].[Ga].[Pt+2]. The van der Waals surface area contributed by atoms with E-state index in [9.17, 15) is 26.3 Å². The van der Waals surface area contributed by atoms with Crippen LogP contribution in [-0.4, -0.2) is 98.7 Å². The summed E-state index contributed by atoms with van der Waals surface area (Å²) in [6, 6.07) is 34.9. The Labute approximate surface area is 678 Å². The monoisotopic (exact) mass is 1750 g/mol. The van der Waals surface area contributed by atoms with Crippen LogP contribution >= 0.6 is 0 Å². The summed E-state index contributed by atoms with van der Waals surface area (Å²) in [5.74, 6) is -0.722. The Morgan fingerprint density at radius 3 is 0.726 bits per heavy atom. The molecule has 0 aromatic heterocycles. The van der Waals surface area contributed by atoms with Gasteiger partial charge in [-0.05, 0) is 204 Å². The molecule has 6 radical (unpaired) electrons. The predicted molar refractivity (Wildman–Crippen MR) is 434 cm³/mol. The van der Waals surface area contributed by atoms with E-state index < -0.39 is 34.9 Å². The summed E-state index contributed by atoms with van der Waals surface area (Å²) in [6.45, 7) is 42.6. The van der Waals surface area contributed by atoms with Crippen LogP contribution in [0.1, 0.15) is 345 Å². The van der Waals surface area contributed by atoms with Gasteiger partial charge in [-0.15, -0.1) is 36.4 Å². The summed E-state index contributed by atoms with van der Waals surface area (Å²) in [6.07, 6.45) is 26.1. The zero-order valence-electron chi connectivity index (χ0n) is 67.6. The third kappa shape index (κ3) is 29.2. The van der Waals surface area contributed by atoms with Crippen molar-refractivity contribution in [3.63, 3.8) is 0 Å². The summed E-state index contributed by atoms with van der Waals surface area (Å²) in [7, 11) is 0. The van der Waals surface area contributed by atoms with Gasteiger partial charge in [0.05, 0.1) is 0 Å². The number of hydrogen-bond donors (Lipinski definition) is 0. The van der Waals surface area contributed by atoms with Crippen molar-refractivity contribution in [3.05, 3.63) is 199 Å². The van der Waals surface area contributed by atoms with Gasteiger partial charge < -0.3 is 35.2 Å². The number of aliphatic imine (C=N–C) groups is 2. The van der Waals surface area contributed by atoms with Gasteiger partial charge >= 0.3 is 21.1 Å². The second-order valence-electron chi connectivity index (χ2n) is 31.2. The Bertz CT molecular complexity index is 3100. The van der Waals surface area contributed by atoms with Crippen LogP contribution in [0, 0.1) is 47.0 Å². The molecule has 4 saturated carbocycles. The van der Waals surface area contributed by atoms with Crippen LogP contribution in [0.2, 0.25) is 0 Å². The fourth-order valence-corrected chi connectivity index (χ4v) is 15.1. The third-order valence-corrected chi connectivity index (χ3v) is 20.5. The second kappa shape index (κ2) is 48.9. The van der Waals surface area contributed by atoms with Crippen LogP contribution in [0.25, 0.3) is 10.6 Å². The minimum absolute atomic E-state index is 0. The molecule has 7 nitrogen and oxygen atoms in total. The molecule has 0 unspecified atom stereocenters. The fourth-order valence-electron chi connectivity index (χ4n) is 15.1. The predicted octanol–water partition coefficient (Wildman–Crippen LogP) is 27.8. The van der Waals surface area contributed by atoms with Gasteiger partial charge in [0.15, 0.2) is 0 Å². The Morgan fingerprint density at radius 2 is 0.557 bits per heavy atom. The van der Waals surface area contributed by atoms with Crippen LogP contribution in [0.4, 0.5) is 49.1 Å². The van der Waals surface area contributed by atoms with Gasteiger partial charge in [-0.25, -0.2) is 26.3 Å². The van der Waals surface area contributed by atoms with Crippen molar-refractivity contribution in [1.29, 1.82) is 0 Å². The first-order valence-electron chi connectivity index (χ1n) is 39.5.